The Hall–Kier alpha value is -1.75. The van der Waals surface area contributed by atoms with Crippen molar-refractivity contribution in [1.82, 2.24) is 9.78 Å². The number of nitrogens with two attached hydrogens (primary N) is 1. The molecule has 0 aliphatic rings. The van der Waals surface area contributed by atoms with Crippen LogP contribution in [0.5, 0.6) is 5.75 Å². The van der Waals surface area contributed by atoms with E-state index in [-0.39, 0.29) is 12.4 Å². The fourth-order valence-corrected chi connectivity index (χ4v) is 2.12. The summed E-state index contributed by atoms with van der Waals surface area (Å²) in [6, 6.07) is 2.84. The predicted molar refractivity (Wildman–Crippen MR) is 77.5 cm³/mol. The number of anilines is 1. The van der Waals surface area contributed by atoms with E-state index in [0.29, 0.717) is 17.3 Å². The SMILES string of the molecule is CCn1nc(C)c(Cl)c1COc1cc(C)c(N)cc1F. The maximum absolute atomic E-state index is 13.8. The van der Waals surface area contributed by atoms with Gasteiger partial charge in [0.15, 0.2) is 11.6 Å². The van der Waals surface area contributed by atoms with E-state index < -0.39 is 5.82 Å². The lowest BCUT2D eigenvalue weighted by Crippen LogP contribution is -2.07. The molecule has 0 radical (unpaired) electrons. The molecule has 0 saturated carbocycles. The highest BCUT2D eigenvalue weighted by molar-refractivity contribution is 6.31. The van der Waals surface area contributed by atoms with Crippen molar-refractivity contribution in [2.45, 2.75) is 33.9 Å². The molecule has 0 aliphatic carbocycles. The topological polar surface area (TPSA) is 53.1 Å². The van der Waals surface area contributed by atoms with Crippen molar-refractivity contribution >= 4 is 17.3 Å². The molecule has 0 saturated heterocycles. The first-order chi connectivity index (χ1) is 9.43. The molecule has 20 heavy (non-hydrogen) atoms. The quantitative estimate of drug-likeness (QED) is 0.879. The summed E-state index contributed by atoms with van der Waals surface area (Å²) in [7, 11) is 0. The summed E-state index contributed by atoms with van der Waals surface area (Å²) < 4.78 is 21.0. The summed E-state index contributed by atoms with van der Waals surface area (Å²) in [6.07, 6.45) is 0. The number of benzene rings is 1. The van der Waals surface area contributed by atoms with Crippen molar-refractivity contribution < 1.29 is 9.13 Å². The molecule has 2 N–H and O–H groups in total. The summed E-state index contributed by atoms with van der Waals surface area (Å²) in [5, 5.41) is 4.84. The van der Waals surface area contributed by atoms with Crippen molar-refractivity contribution in [2.24, 2.45) is 0 Å². The number of nitrogen functional groups attached to an aromatic ring is 1. The van der Waals surface area contributed by atoms with E-state index in [4.69, 9.17) is 22.1 Å². The van der Waals surface area contributed by atoms with Crippen LogP contribution in [-0.2, 0) is 13.2 Å². The van der Waals surface area contributed by atoms with E-state index in [1.165, 1.54) is 6.07 Å². The van der Waals surface area contributed by atoms with Crippen LogP contribution in [0.15, 0.2) is 12.1 Å². The van der Waals surface area contributed by atoms with E-state index >= 15 is 0 Å². The molecule has 0 aliphatic heterocycles. The van der Waals surface area contributed by atoms with Crippen LogP contribution in [0.3, 0.4) is 0 Å². The second-order valence-electron chi connectivity index (χ2n) is 4.59. The number of hydrogen-bond acceptors (Lipinski definition) is 3. The largest absolute Gasteiger partial charge is 0.484 e. The maximum Gasteiger partial charge on any atom is 0.167 e. The molecule has 0 amide bonds. The van der Waals surface area contributed by atoms with Crippen LogP contribution in [0, 0.1) is 19.7 Å². The standard InChI is InChI=1S/C14H17ClFN3O/c1-4-19-12(14(15)9(3)18-19)7-20-13-5-8(2)11(17)6-10(13)16/h5-6H,4,7,17H2,1-3H3. The average Bonchev–Trinajstić information content (AvgIpc) is 2.68. The van der Waals surface area contributed by atoms with Crippen molar-refractivity contribution in [3.63, 3.8) is 0 Å². The van der Waals surface area contributed by atoms with Crippen LogP contribution in [0.2, 0.25) is 5.02 Å². The van der Waals surface area contributed by atoms with Crippen molar-refractivity contribution in [3.05, 3.63) is 39.9 Å². The monoisotopic (exact) mass is 297 g/mol. The van der Waals surface area contributed by atoms with Gasteiger partial charge in [-0.1, -0.05) is 11.6 Å². The number of nitrogens with zero attached hydrogens (tertiary/aromatic N) is 2. The van der Waals surface area contributed by atoms with Crippen LogP contribution in [-0.4, -0.2) is 9.78 Å². The Kier molecular flexibility index (Phi) is 4.18. The van der Waals surface area contributed by atoms with E-state index in [9.17, 15) is 4.39 Å². The molecule has 2 aromatic rings. The molecular formula is C14H17ClFN3O. The van der Waals surface area contributed by atoms with Crippen molar-refractivity contribution in [2.75, 3.05) is 5.73 Å². The molecule has 0 fully saturated rings. The third kappa shape index (κ3) is 2.72. The fourth-order valence-electron chi connectivity index (χ4n) is 1.93. The van der Waals surface area contributed by atoms with Crippen LogP contribution >= 0.6 is 11.6 Å². The first-order valence-electron chi connectivity index (χ1n) is 6.34. The second kappa shape index (κ2) is 5.71. The van der Waals surface area contributed by atoms with Gasteiger partial charge in [0, 0.05) is 18.3 Å². The Balaban J connectivity index is 2.23. The van der Waals surface area contributed by atoms with Crippen LogP contribution in [0.25, 0.3) is 0 Å². The van der Waals surface area contributed by atoms with Gasteiger partial charge in [-0.05, 0) is 32.4 Å². The van der Waals surface area contributed by atoms with Gasteiger partial charge in [0.05, 0.1) is 16.4 Å². The van der Waals surface area contributed by atoms with Crippen molar-refractivity contribution in [3.8, 4) is 5.75 Å². The lowest BCUT2D eigenvalue weighted by Gasteiger charge is -2.11. The first kappa shape index (κ1) is 14.7. The number of hydrogen-bond donors (Lipinski definition) is 1. The van der Waals surface area contributed by atoms with Gasteiger partial charge in [0.2, 0.25) is 0 Å². The Morgan fingerprint density at radius 3 is 2.75 bits per heavy atom. The molecule has 0 unspecified atom stereocenters. The van der Waals surface area contributed by atoms with Gasteiger partial charge in [-0.15, -0.1) is 0 Å². The highest BCUT2D eigenvalue weighted by atomic mass is 35.5. The lowest BCUT2D eigenvalue weighted by atomic mass is 10.2. The number of halogens is 2. The highest BCUT2D eigenvalue weighted by Crippen LogP contribution is 2.26. The Bertz CT molecular complexity index is 640. The third-order valence-electron chi connectivity index (χ3n) is 3.14. The molecule has 0 atom stereocenters. The maximum atomic E-state index is 13.8. The highest BCUT2D eigenvalue weighted by Gasteiger charge is 2.14. The predicted octanol–water partition coefficient (Wildman–Crippen LogP) is 3.47. The normalized spacial score (nSPS) is 10.8. The number of ether oxygens (including phenoxy) is 1. The van der Waals surface area contributed by atoms with Gasteiger partial charge in [-0.25, -0.2) is 4.39 Å². The van der Waals surface area contributed by atoms with Crippen LogP contribution in [0.4, 0.5) is 10.1 Å². The van der Waals surface area contributed by atoms with E-state index in [1.54, 1.807) is 17.7 Å². The first-order valence-corrected chi connectivity index (χ1v) is 6.72. The summed E-state index contributed by atoms with van der Waals surface area (Å²) >= 11 is 6.18. The van der Waals surface area contributed by atoms with E-state index in [0.717, 1.165) is 17.0 Å². The molecule has 6 heteroatoms. The van der Waals surface area contributed by atoms with Gasteiger partial charge in [-0.3, -0.25) is 4.68 Å². The smallest absolute Gasteiger partial charge is 0.167 e. The minimum atomic E-state index is -0.483. The number of aryl methyl sites for hydroxylation is 3. The fraction of sp³-hybridized carbons (Fsp3) is 0.357. The molecule has 1 aromatic carbocycles. The van der Waals surface area contributed by atoms with E-state index in [2.05, 4.69) is 5.10 Å². The summed E-state index contributed by atoms with van der Waals surface area (Å²) in [4.78, 5) is 0. The Morgan fingerprint density at radius 2 is 2.10 bits per heavy atom. The number of rotatable bonds is 4. The molecule has 1 aromatic heterocycles. The van der Waals surface area contributed by atoms with Crippen LogP contribution in [0.1, 0.15) is 23.9 Å². The van der Waals surface area contributed by atoms with Crippen molar-refractivity contribution in [1.29, 1.82) is 0 Å². The zero-order valence-corrected chi connectivity index (χ0v) is 12.5. The zero-order valence-electron chi connectivity index (χ0n) is 11.7. The van der Waals surface area contributed by atoms with Gasteiger partial charge < -0.3 is 10.5 Å². The molecule has 2 rings (SSSR count). The minimum absolute atomic E-state index is 0.161. The average molecular weight is 298 g/mol. The van der Waals surface area contributed by atoms with Gasteiger partial charge in [0.1, 0.15) is 6.61 Å². The third-order valence-corrected chi connectivity index (χ3v) is 3.63. The molecule has 108 valence electrons. The number of aromatic nitrogens is 2. The van der Waals surface area contributed by atoms with E-state index in [1.807, 2.05) is 13.8 Å². The molecular weight excluding hydrogens is 281 g/mol. The minimum Gasteiger partial charge on any atom is -0.484 e. The lowest BCUT2D eigenvalue weighted by molar-refractivity contribution is 0.278. The Morgan fingerprint density at radius 1 is 1.40 bits per heavy atom. The summed E-state index contributed by atoms with van der Waals surface area (Å²) in [5.74, 6) is -0.321. The summed E-state index contributed by atoms with van der Waals surface area (Å²) in [5.41, 5.74) is 8.29. The molecule has 0 spiro atoms. The van der Waals surface area contributed by atoms with Gasteiger partial charge in [-0.2, -0.15) is 5.10 Å². The second-order valence-corrected chi connectivity index (χ2v) is 4.97. The summed E-state index contributed by atoms with van der Waals surface area (Å²) in [6.45, 7) is 6.42. The zero-order chi connectivity index (χ0) is 14.9. The van der Waals surface area contributed by atoms with Crippen LogP contribution < -0.4 is 10.5 Å². The van der Waals surface area contributed by atoms with Gasteiger partial charge >= 0.3 is 0 Å². The Labute approximate surface area is 122 Å². The molecule has 4 nitrogen and oxygen atoms in total. The molecule has 1 heterocycles. The molecule has 0 bridgehead atoms. The van der Waals surface area contributed by atoms with Gasteiger partial charge in [0.25, 0.3) is 0 Å².